The van der Waals surface area contributed by atoms with Gasteiger partial charge in [0.1, 0.15) is 18.0 Å². The largest absolute Gasteiger partial charge is 0.397 e. The fraction of sp³-hybridized carbons (Fsp3) is 0.118. The average Bonchev–Trinajstić information content (AvgIpc) is 2.85. The molecule has 0 amide bonds. The van der Waals surface area contributed by atoms with E-state index in [4.69, 9.17) is 5.73 Å². The molecule has 2 aromatic carbocycles. The number of nitrogens with one attached hydrogen (secondary N) is 1. The van der Waals surface area contributed by atoms with Gasteiger partial charge in [-0.1, -0.05) is 0 Å². The molecule has 126 valence electrons. The van der Waals surface area contributed by atoms with Crippen molar-refractivity contribution in [2.45, 2.75) is 6.92 Å². The monoisotopic (exact) mass is 460 g/mol. The zero-order valence-corrected chi connectivity index (χ0v) is 16.7. The molecule has 0 fully saturated rings. The zero-order chi connectivity index (χ0) is 17.7. The van der Waals surface area contributed by atoms with E-state index in [0.717, 1.165) is 48.2 Å². The lowest BCUT2D eigenvalue weighted by atomic mass is 10.2. The maximum Gasteiger partial charge on any atom is 0.141 e. The summed E-state index contributed by atoms with van der Waals surface area (Å²) in [5.74, 6) is 1.69. The number of nitrogen functional groups attached to an aromatic ring is 1. The third kappa shape index (κ3) is 2.75. The molecule has 6 nitrogen and oxygen atoms in total. The summed E-state index contributed by atoms with van der Waals surface area (Å²) in [4.78, 5) is 13.4. The molecule has 4 aromatic rings. The summed E-state index contributed by atoms with van der Waals surface area (Å²) in [5.41, 5.74) is 10.3. The van der Waals surface area contributed by atoms with Crippen LogP contribution in [0.4, 0.5) is 17.2 Å². The number of nitrogens with two attached hydrogens (primary N) is 1. The van der Waals surface area contributed by atoms with Crippen LogP contribution in [0.15, 0.2) is 39.5 Å². The number of halogens is 2. The van der Waals surface area contributed by atoms with Gasteiger partial charge < -0.3 is 15.6 Å². The van der Waals surface area contributed by atoms with E-state index in [2.05, 4.69) is 62.8 Å². The Hall–Kier alpha value is -2.19. The second-order valence-corrected chi connectivity index (χ2v) is 7.49. The number of aromatic nitrogens is 4. The number of hydrogen-bond donors (Lipinski definition) is 2. The third-order valence-electron chi connectivity index (χ3n) is 4.20. The lowest BCUT2D eigenvalue weighted by Gasteiger charge is -2.11. The Labute approximate surface area is 160 Å². The zero-order valence-electron chi connectivity index (χ0n) is 13.5. The van der Waals surface area contributed by atoms with Crippen LogP contribution in [0.3, 0.4) is 0 Å². The maximum atomic E-state index is 5.96. The summed E-state index contributed by atoms with van der Waals surface area (Å²) >= 11 is 6.93. The molecule has 3 N–H and O–H groups in total. The third-order valence-corrected chi connectivity index (χ3v) is 5.51. The summed E-state index contributed by atoms with van der Waals surface area (Å²) in [5, 5.41) is 4.28. The van der Waals surface area contributed by atoms with Crippen LogP contribution in [0.5, 0.6) is 0 Å². The molecule has 0 unspecified atom stereocenters. The van der Waals surface area contributed by atoms with E-state index < -0.39 is 0 Å². The van der Waals surface area contributed by atoms with Crippen LogP contribution in [0.1, 0.15) is 5.82 Å². The molecular formula is C17H14Br2N6. The van der Waals surface area contributed by atoms with Crippen LogP contribution < -0.4 is 11.1 Å². The first-order valence-corrected chi connectivity index (χ1v) is 9.12. The molecule has 2 aromatic heterocycles. The number of anilines is 3. The van der Waals surface area contributed by atoms with Crippen molar-refractivity contribution < 1.29 is 0 Å². The van der Waals surface area contributed by atoms with Crippen molar-refractivity contribution in [2.75, 3.05) is 11.1 Å². The minimum Gasteiger partial charge on any atom is -0.397 e. The van der Waals surface area contributed by atoms with Gasteiger partial charge in [0.2, 0.25) is 0 Å². The van der Waals surface area contributed by atoms with E-state index in [1.807, 2.05) is 32.2 Å². The average molecular weight is 462 g/mol. The number of hydrogen-bond acceptors (Lipinski definition) is 5. The van der Waals surface area contributed by atoms with Gasteiger partial charge in [0.25, 0.3) is 0 Å². The van der Waals surface area contributed by atoms with Gasteiger partial charge in [0, 0.05) is 27.1 Å². The van der Waals surface area contributed by atoms with E-state index in [9.17, 15) is 0 Å². The fourth-order valence-electron chi connectivity index (χ4n) is 2.76. The lowest BCUT2D eigenvalue weighted by molar-refractivity contribution is 0.886. The summed E-state index contributed by atoms with van der Waals surface area (Å²) in [6, 6.07) is 7.88. The van der Waals surface area contributed by atoms with E-state index in [1.165, 1.54) is 0 Å². The second-order valence-electron chi connectivity index (χ2n) is 5.78. The van der Waals surface area contributed by atoms with Gasteiger partial charge in [-0.05, 0) is 63.0 Å². The first kappa shape index (κ1) is 16.3. The SMILES string of the molecule is Cc1nc2cc3ncnc(Nc4cc(Br)c(N)c(Br)c4)c3cc2n1C. The Morgan fingerprint density at radius 1 is 1.04 bits per heavy atom. The fourth-order valence-corrected chi connectivity index (χ4v) is 3.94. The summed E-state index contributed by atoms with van der Waals surface area (Å²) in [6.07, 6.45) is 1.55. The normalized spacial score (nSPS) is 11.4. The van der Waals surface area contributed by atoms with Crippen molar-refractivity contribution in [1.29, 1.82) is 0 Å². The highest BCUT2D eigenvalue weighted by atomic mass is 79.9. The molecule has 0 radical (unpaired) electrons. The van der Waals surface area contributed by atoms with Crippen molar-refractivity contribution >= 4 is 71.0 Å². The standard InChI is InChI=1S/C17H14Br2N6/c1-8-23-14-6-13-10(5-15(14)25(8)2)17(22-7-21-13)24-9-3-11(18)16(20)12(19)4-9/h3-7H,20H2,1-2H3,(H,21,22,24). The Morgan fingerprint density at radius 2 is 1.76 bits per heavy atom. The predicted molar refractivity (Wildman–Crippen MR) is 108 cm³/mol. The van der Waals surface area contributed by atoms with E-state index in [0.29, 0.717) is 5.69 Å². The molecule has 25 heavy (non-hydrogen) atoms. The summed E-state index contributed by atoms with van der Waals surface area (Å²) in [6.45, 7) is 1.99. The molecule has 0 aliphatic heterocycles. The number of rotatable bonds is 2. The van der Waals surface area contributed by atoms with Crippen molar-refractivity contribution in [1.82, 2.24) is 19.5 Å². The van der Waals surface area contributed by atoms with Crippen molar-refractivity contribution in [3.8, 4) is 0 Å². The maximum absolute atomic E-state index is 5.96. The molecule has 0 aliphatic carbocycles. The number of benzene rings is 2. The molecule has 0 saturated heterocycles. The van der Waals surface area contributed by atoms with Gasteiger partial charge >= 0.3 is 0 Å². The Kier molecular flexibility index (Phi) is 3.88. The lowest BCUT2D eigenvalue weighted by Crippen LogP contribution is -1.98. The first-order chi connectivity index (χ1) is 11.9. The van der Waals surface area contributed by atoms with Gasteiger partial charge in [-0.2, -0.15) is 0 Å². The minimum atomic E-state index is 0.658. The van der Waals surface area contributed by atoms with Crippen molar-refractivity contribution in [3.63, 3.8) is 0 Å². The second kappa shape index (κ2) is 5.96. The van der Waals surface area contributed by atoms with Crippen LogP contribution in [0.25, 0.3) is 21.9 Å². The van der Waals surface area contributed by atoms with Gasteiger partial charge in [0.05, 0.1) is 22.2 Å². The molecule has 2 heterocycles. The van der Waals surface area contributed by atoms with E-state index >= 15 is 0 Å². The van der Waals surface area contributed by atoms with Crippen molar-refractivity contribution in [3.05, 3.63) is 45.4 Å². The molecule has 0 atom stereocenters. The van der Waals surface area contributed by atoms with Gasteiger partial charge in [-0.3, -0.25) is 0 Å². The van der Waals surface area contributed by atoms with Crippen LogP contribution in [0.2, 0.25) is 0 Å². The minimum absolute atomic E-state index is 0.658. The van der Waals surface area contributed by atoms with Crippen LogP contribution in [-0.4, -0.2) is 19.5 Å². The number of imidazole rings is 1. The Bertz CT molecular complexity index is 1110. The topological polar surface area (TPSA) is 81.7 Å². The Morgan fingerprint density at radius 3 is 2.48 bits per heavy atom. The number of fused-ring (bicyclic) bond motifs is 2. The number of nitrogens with zero attached hydrogens (tertiary/aromatic N) is 4. The van der Waals surface area contributed by atoms with Gasteiger partial charge in [0.15, 0.2) is 0 Å². The summed E-state index contributed by atoms with van der Waals surface area (Å²) in [7, 11) is 2.00. The molecule has 8 heteroatoms. The van der Waals surface area contributed by atoms with Gasteiger partial charge in [-0.25, -0.2) is 15.0 Å². The van der Waals surface area contributed by atoms with Crippen molar-refractivity contribution in [2.24, 2.45) is 7.05 Å². The van der Waals surface area contributed by atoms with Gasteiger partial charge in [-0.15, -0.1) is 0 Å². The van der Waals surface area contributed by atoms with E-state index in [1.54, 1.807) is 6.33 Å². The van der Waals surface area contributed by atoms with E-state index in [-0.39, 0.29) is 0 Å². The highest BCUT2D eigenvalue weighted by Gasteiger charge is 2.11. The van der Waals surface area contributed by atoms with Crippen LogP contribution in [0, 0.1) is 6.92 Å². The molecule has 0 aliphatic rings. The molecule has 0 bridgehead atoms. The van der Waals surface area contributed by atoms with Crippen LogP contribution in [-0.2, 0) is 7.05 Å². The Balaban J connectivity index is 1.88. The predicted octanol–water partition coefficient (Wildman–Crippen LogP) is 4.68. The number of aryl methyl sites for hydroxylation is 2. The molecular weight excluding hydrogens is 448 g/mol. The highest BCUT2D eigenvalue weighted by Crippen LogP contribution is 2.34. The summed E-state index contributed by atoms with van der Waals surface area (Å²) < 4.78 is 3.68. The highest BCUT2D eigenvalue weighted by molar-refractivity contribution is 9.11. The molecule has 0 saturated carbocycles. The molecule has 0 spiro atoms. The quantitative estimate of drug-likeness (QED) is 0.423. The molecule has 4 rings (SSSR count). The first-order valence-electron chi connectivity index (χ1n) is 7.53. The smallest absolute Gasteiger partial charge is 0.141 e. The van der Waals surface area contributed by atoms with Crippen LogP contribution >= 0.6 is 31.9 Å².